The summed E-state index contributed by atoms with van der Waals surface area (Å²) in [6.07, 6.45) is 2.57. The number of nitrogens with one attached hydrogen (secondary N) is 1. The molecule has 0 amide bonds. The second kappa shape index (κ2) is 6.87. The number of nitrogen functional groups attached to an aromatic ring is 1. The highest BCUT2D eigenvalue weighted by Gasteiger charge is 2.18. The number of furan rings is 1. The minimum Gasteiger partial charge on any atom is -0.461 e. The third-order valence-corrected chi connectivity index (χ3v) is 4.10. The van der Waals surface area contributed by atoms with Crippen molar-refractivity contribution in [1.82, 2.24) is 19.5 Å². The highest BCUT2D eigenvalue weighted by atomic mass is 16.3. The first-order chi connectivity index (χ1) is 12.8. The summed E-state index contributed by atoms with van der Waals surface area (Å²) in [5, 5.41) is 3.24. The lowest BCUT2D eigenvalue weighted by molar-refractivity contribution is 0.568. The Morgan fingerprint density at radius 3 is 2.65 bits per heavy atom. The van der Waals surface area contributed by atoms with E-state index in [1.807, 2.05) is 47.0 Å². The fraction of sp³-hybridized carbons (Fsp3) is 0.211. The lowest BCUT2D eigenvalue weighted by Gasteiger charge is -2.08. The average molecular weight is 348 g/mol. The van der Waals surface area contributed by atoms with Crippen LogP contribution in [0.4, 0.5) is 11.8 Å². The molecule has 0 aliphatic carbocycles. The largest absolute Gasteiger partial charge is 0.461 e. The van der Waals surface area contributed by atoms with E-state index < -0.39 is 0 Å². The van der Waals surface area contributed by atoms with Crippen LogP contribution in [0.1, 0.15) is 18.9 Å². The Balaban J connectivity index is 1.74. The van der Waals surface area contributed by atoms with Gasteiger partial charge in [0.2, 0.25) is 5.95 Å². The van der Waals surface area contributed by atoms with Crippen molar-refractivity contribution >= 4 is 22.9 Å². The number of imidazole rings is 1. The molecule has 3 aromatic heterocycles. The number of aromatic nitrogens is 4. The molecule has 3 N–H and O–H groups in total. The van der Waals surface area contributed by atoms with E-state index in [0.29, 0.717) is 41.1 Å². The van der Waals surface area contributed by atoms with Crippen molar-refractivity contribution in [3.05, 3.63) is 54.3 Å². The summed E-state index contributed by atoms with van der Waals surface area (Å²) < 4.78 is 7.55. The Morgan fingerprint density at radius 2 is 1.92 bits per heavy atom. The van der Waals surface area contributed by atoms with E-state index in [2.05, 4.69) is 27.2 Å². The number of anilines is 2. The van der Waals surface area contributed by atoms with Crippen LogP contribution in [0.5, 0.6) is 0 Å². The molecule has 0 atom stereocenters. The topological polar surface area (TPSA) is 94.8 Å². The predicted octanol–water partition coefficient (Wildman–Crippen LogP) is 3.69. The molecule has 0 saturated carbocycles. The number of benzene rings is 1. The van der Waals surface area contributed by atoms with Crippen LogP contribution < -0.4 is 11.1 Å². The maximum Gasteiger partial charge on any atom is 0.227 e. The van der Waals surface area contributed by atoms with E-state index >= 15 is 0 Å². The van der Waals surface area contributed by atoms with Crippen LogP contribution in [0.25, 0.3) is 22.7 Å². The molecule has 4 rings (SSSR count). The number of hydrogen-bond donors (Lipinski definition) is 2. The molecule has 4 aromatic rings. The van der Waals surface area contributed by atoms with Gasteiger partial charge < -0.3 is 20.0 Å². The maximum atomic E-state index is 6.16. The van der Waals surface area contributed by atoms with E-state index in [0.717, 1.165) is 18.5 Å². The minimum absolute atomic E-state index is 0.355. The number of nitrogens with zero attached hydrogens (tertiary/aromatic N) is 4. The van der Waals surface area contributed by atoms with Gasteiger partial charge in [-0.2, -0.15) is 9.97 Å². The number of fused-ring (bicyclic) bond motifs is 1. The third-order valence-electron chi connectivity index (χ3n) is 4.10. The molecule has 1 aromatic carbocycles. The molecule has 7 heteroatoms. The van der Waals surface area contributed by atoms with Crippen LogP contribution in [-0.2, 0) is 13.1 Å². The Labute approximate surface area is 150 Å². The van der Waals surface area contributed by atoms with Crippen molar-refractivity contribution < 1.29 is 4.42 Å². The summed E-state index contributed by atoms with van der Waals surface area (Å²) in [7, 11) is 0. The van der Waals surface area contributed by atoms with Crippen LogP contribution in [0, 0.1) is 0 Å². The van der Waals surface area contributed by atoms with Crippen molar-refractivity contribution in [2.75, 3.05) is 11.1 Å². The fourth-order valence-electron chi connectivity index (χ4n) is 2.91. The van der Waals surface area contributed by atoms with Crippen molar-refractivity contribution in [3.8, 4) is 11.6 Å². The van der Waals surface area contributed by atoms with Gasteiger partial charge in [0.25, 0.3) is 0 Å². The third kappa shape index (κ3) is 2.99. The normalized spacial score (nSPS) is 11.1. The van der Waals surface area contributed by atoms with Gasteiger partial charge in [-0.3, -0.25) is 0 Å². The highest BCUT2D eigenvalue weighted by Crippen LogP contribution is 2.27. The van der Waals surface area contributed by atoms with Gasteiger partial charge in [0.05, 0.1) is 6.26 Å². The van der Waals surface area contributed by atoms with Crippen LogP contribution >= 0.6 is 0 Å². The van der Waals surface area contributed by atoms with E-state index in [4.69, 9.17) is 10.2 Å². The first-order valence-electron chi connectivity index (χ1n) is 8.61. The molecule has 3 heterocycles. The van der Waals surface area contributed by atoms with Crippen molar-refractivity contribution in [2.45, 2.75) is 26.4 Å². The number of nitrogens with two attached hydrogens (primary N) is 1. The number of aryl methyl sites for hydroxylation is 1. The standard InChI is InChI=1S/C19H20N6O/c1-2-10-25-17(14-9-6-11-26-14)22-15-16(20)23-19(24-18(15)25)21-12-13-7-4-3-5-8-13/h3-9,11H,2,10,12H2,1H3,(H3,20,21,23,24). The van der Waals surface area contributed by atoms with E-state index in [1.165, 1.54) is 0 Å². The molecule has 132 valence electrons. The second-order valence-corrected chi connectivity index (χ2v) is 6.01. The van der Waals surface area contributed by atoms with Gasteiger partial charge in [-0.25, -0.2) is 4.98 Å². The van der Waals surface area contributed by atoms with Crippen LogP contribution in [0.2, 0.25) is 0 Å². The maximum absolute atomic E-state index is 6.16. The van der Waals surface area contributed by atoms with Gasteiger partial charge >= 0.3 is 0 Å². The lowest BCUT2D eigenvalue weighted by atomic mass is 10.2. The summed E-state index contributed by atoms with van der Waals surface area (Å²) in [5.41, 5.74) is 8.61. The fourth-order valence-corrected chi connectivity index (χ4v) is 2.91. The monoisotopic (exact) mass is 348 g/mol. The van der Waals surface area contributed by atoms with Gasteiger partial charge in [0, 0.05) is 13.1 Å². The van der Waals surface area contributed by atoms with Gasteiger partial charge in [-0.1, -0.05) is 37.3 Å². The molecule has 0 spiro atoms. The summed E-state index contributed by atoms with van der Waals surface area (Å²) in [6, 6.07) is 13.8. The summed E-state index contributed by atoms with van der Waals surface area (Å²) in [6.45, 7) is 3.50. The van der Waals surface area contributed by atoms with Crippen LogP contribution in [-0.4, -0.2) is 19.5 Å². The van der Waals surface area contributed by atoms with Gasteiger partial charge in [0.15, 0.2) is 28.6 Å². The summed E-state index contributed by atoms with van der Waals surface area (Å²) >= 11 is 0. The zero-order valence-electron chi connectivity index (χ0n) is 14.5. The summed E-state index contributed by atoms with van der Waals surface area (Å²) in [4.78, 5) is 13.6. The molecule has 0 aliphatic rings. The molecule has 0 unspecified atom stereocenters. The first kappa shape index (κ1) is 16.1. The highest BCUT2D eigenvalue weighted by molar-refractivity contribution is 5.86. The second-order valence-electron chi connectivity index (χ2n) is 6.01. The van der Waals surface area contributed by atoms with Gasteiger partial charge in [-0.15, -0.1) is 0 Å². The number of rotatable bonds is 6. The van der Waals surface area contributed by atoms with Crippen LogP contribution in [0.15, 0.2) is 53.1 Å². The van der Waals surface area contributed by atoms with Crippen molar-refractivity contribution in [3.63, 3.8) is 0 Å². The van der Waals surface area contributed by atoms with E-state index in [-0.39, 0.29) is 0 Å². The molecule has 0 bridgehead atoms. The van der Waals surface area contributed by atoms with Crippen molar-refractivity contribution in [2.24, 2.45) is 0 Å². The zero-order chi connectivity index (χ0) is 17.9. The lowest BCUT2D eigenvalue weighted by Crippen LogP contribution is -2.07. The van der Waals surface area contributed by atoms with E-state index in [9.17, 15) is 0 Å². The molecule has 7 nitrogen and oxygen atoms in total. The molecule has 0 fully saturated rings. The Bertz CT molecular complexity index is 1010. The Kier molecular flexibility index (Phi) is 4.27. The smallest absolute Gasteiger partial charge is 0.227 e. The molecule has 26 heavy (non-hydrogen) atoms. The van der Waals surface area contributed by atoms with Gasteiger partial charge in [0.1, 0.15) is 0 Å². The number of hydrogen-bond acceptors (Lipinski definition) is 6. The van der Waals surface area contributed by atoms with Gasteiger partial charge in [-0.05, 0) is 24.1 Å². The predicted molar refractivity (Wildman–Crippen MR) is 101 cm³/mol. The molecular weight excluding hydrogens is 328 g/mol. The molecule has 0 radical (unpaired) electrons. The molecule has 0 saturated heterocycles. The molecule has 0 aliphatic heterocycles. The first-order valence-corrected chi connectivity index (χ1v) is 8.61. The average Bonchev–Trinajstić information content (AvgIpc) is 3.30. The zero-order valence-corrected chi connectivity index (χ0v) is 14.5. The van der Waals surface area contributed by atoms with Crippen molar-refractivity contribution in [1.29, 1.82) is 0 Å². The molecular formula is C19H20N6O. The Hall–Kier alpha value is -3.35. The minimum atomic E-state index is 0.355. The van der Waals surface area contributed by atoms with Crippen LogP contribution in [0.3, 0.4) is 0 Å². The van der Waals surface area contributed by atoms with E-state index in [1.54, 1.807) is 6.26 Å². The quantitative estimate of drug-likeness (QED) is 0.552. The SMILES string of the molecule is CCCn1c(-c2ccco2)nc2c(N)nc(NCc3ccccc3)nc21. The summed E-state index contributed by atoms with van der Waals surface area (Å²) in [5.74, 6) is 2.25. The Morgan fingerprint density at radius 1 is 1.08 bits per heavy atom.